The van der Waals surface area contributed by atoms with Gasteiger partial charge >= 0.3 is 5.97 Å². The normalized spacial score (nSPS) is 11.2. The van der Waals surface area contributed by atoms with Crippen LogP contribution in [0.25, 0.3) is 0 Å². The van der Waals surface area contributed by atoms with Crippen molar-refractivity contribution in [3.05, 3.63) is 53.6 Å². The first-order chi connectivity index (χ1) is 13.7. The fraction of sp³-hybridized carbons (Fsp3) is 0.300. The average molecular weight is 420 g/mol. The van der Waals surface area contributed by atoms with Crippen LogP contribution in [0.4, 0.5) is 5.69 Å². The van der Waals surface area contributed by atoms with Gasteiger partial charge in [0.15, 0.2) is 0 Å². The van der Waals surface area contributed by atoms with Crippen molar-refractivity contribution in [3.8, 4) is 5.75 Å². The molecule has 9 heteroatoms. The molecule has 2 aromatic rings. The number of benzene rings is 2. The van der Waals surface area contributed by atoms with Gasteiger partial charge in [-0.15, -0.1) is 0 Å². The van der Waals surface area contributed by atoms with E-state index in [4.69, 9.17) is 9.47 Å². The Morgan fingerprint density at radius 1 is 1.07 bits per heavy atom. The maximum absolute atomic E-state index is 12.6. The molecule has 0 aliphatic rings. The summed E-state index contributed by atoms with van der Waals surface area (Å²) < 4.78 is 36.1. The van der Waals surface area contributed by atoms with Crippen LogP contribution in [-0.2, 0) is 26.0 Å². The van der Waals surface area contributed by atoms with Crippen molar-refractivity contribution < 1.29 is 27.5 Å². The molecule has 0 bridgehead atoms. The van der Waals surface area contributed by atoms with Crippen LogP contribution in [-0.4, -0.2) is 52.4 Å². The zero-order valence-electron chi connectivity index (χ0n) is 16.8. The first-order valence-corrected chi connectivity index (χ1v) is 10.3. The zero-order chi connectivity index (χ0) is 21.6. The van der Waals surface area contributed by atoms with E-state index in [1.54, 1.807) is 31.2 Å². The largest absolute Gasteiger partial charge is 0.495 e. The first-order valence-electron chi connectivity index (χ1n) is 8.85. The van der Waals surface area contributed by atoms with Crippen molar-refractivity contribution in [1.29, 1.82) is 0 Å². The molecule has 29 heavy (non-hydrogen) atoms. The number of hydrogen-bond donors (Lipinski definition) is 1. The Morgan fingerprint density at radius 2 is 1.72 bits per heavy atom. The van der Waals surface area contributed by atoms with Gasteiger partial charge in [-0.1, -0.05) is 12.1 Å². The second kappa shape index (κ2) is 9.53. The summed E-state index contributed by atoms with van der Waals surface area (Å²) in [5.74, 6) is -0.642. The molecule has 0 aliphatic carbocycles. The number of sulfonamides is 1. The molecule has 0 saturated carbocycles. The van der Waals surface area contributed by atoms with E-state index >= 15 is 0 Å². The Balaban J connectivity index is 2.20. The topological polar surface area (TPSA) is 102 Å². The second-order valence-electron chi connectivity index (χ2n) is 6.29. The third-order valence-corrected chi connectivity index (χ3v) is 5.89. The zero-order valence-corrected chi connectivity index (χ0v) is 17.6. The summed E-state index contributed by atoms with van der Waals surface area (Å²) in [5.41, 5.74) is 1.43. The van der Waals surface area contributed by atoms with E-state index < -0.39 is 15.9 Å². The quantitative estimate of drug-likeness (QED) is 0.658. The molecule has 0 saturated heterocycles. The number of carbonyl (C=O) groups is 2. The molecule has 0 heterocycles. The van der Waals surface area contributed by atoms with Gasteiger partial charge in [-0.25, -0.2) is 12.7 Å². The second-order valence-corrected chi connectivity index (χ2v) is 8.41. The highest BCUT2D eigenvalue weighted by Gasteiger charge is 2.24. The van der Waals surface area contributed by atoms with Gasteiger partial charge in [0.25, 0.3) is 5.91 Å². The SMILES string of the molecule is CCOC(=O)Cc1ccc(NC(=O)c2ccc(OC)c(S(=O)(=O)N(C)C)c2)cc1. The maximum Gasteiger partial charge on any atom is 0.310 e. The van der Waals surface area contributed by atoms with Crippen LogP contribution in [0.3, 0.4) is 0 Å². The van der Waals surface area contributed by atoms with Gasteiger partial charge in [0.05, 0.1) is 20.1 Å². The van der Waals surface area contributed by atoms with E-state index in [1.165, 1.54) is 39.4 Å². The van der Waals surface area contributed by atoms with E-state index in [9.17, 15) is 18.0 Å². The molecule has 0 aromatic heterocycles. The summed E-state index contributed by atoms with van der Waals surface area (Å²) in [7, 11) is 0.381. The molecular formula is C20H24N2O6S. The van der Waals surface area contributed by atoms with Gasteiger partial charge in [0.1, 0.15) is 10.6 Å². The number of methoxy groups -OCH3 is 1. The number of esters is 1. The third-order valence-electron chi connectivity index (χ3n) is 4.05. The lowest BCUT2D eigenvalue weighted by atomic mass is 10.1. The predicted molar refractivity (Wildman–Crippen MR) is 109 cm³/mol. The number of amides is 1. The van der Waals surface area contributed by atoms with E-state index in [-0.39, 0.29) is 28.6 Å². The Bertz CT molecular complexity index is 985. The van der Waals surface area contributed by atoms with Gasteiger partial charge in [-0.2, -0.15) is 0 Å². The summed E-state index contributed by atoms with van der Waals surface area (Å²) in [6, 6.07) is 10.9. The number of ether oxygens (including phenoxy) is 2. The number of carbonyl (C=O) groups excluding carboxylic acids is 2. The average Bonchev–Trinajstić information content (AvgIpc) is 2.69. The third kappa shape index (κ3) is 5.55. The number of rotatable bonds is 8. The summed E-state index contributed by atoms with van der Waals surface area (Å²) in [6.45, 7) is 2.06. The van der Waals surface area contributed by atoms with Crippen molar-refractivity contribution in [3.63, 3.8) is 0 Å². The van der Waals surface area contributed by atoms with E-state index in [0.29, 0.717) is 12.3 Å². The smallest absolute Gasteiger partial charge is 0.310 e. The highest BCUT2D eigenvalue weighted by molar-refractivity contribution is 7.89. The van der Waals surface area contributed by atoms with Crippen molar-refractivity contribution in [2.24, 2.45) is 0 Å². The van der Waals surface area contributed by atoms with Crippen molar-refractivity contribution in [1.82, 2.24) is 4.31 Å². The van der Waals surface area contributed by atoms with Gasteiger partial charge in [-0.05, 0) is 42.8 Å². The van der Waals surface area contributed by atoms with Crippen LogP contribution in [0.5, 0.6) is 5.75 Å². The van der Waals surface area contributed by atoms with Gasteiger partial charge in [-0.3, -0.25) is 9.59 Å². The molecule has 156 valence electrons. The molecule has 2 aromatic carbocycles. The van der Waals surface area contributed by atoms with Crippen LogP contribution < -0.4 is 10.1 Å². The molecule has 0 atom stereocenters. The van der Waals surface area contributed by atoms with Crippen molar-refractivity contribution in [2.45, 2.75) is 18.2 Å². The summed E-state index contributed by atoms with van der Waals surface area (Å²) in [5, 5.41) is 2.70. The Hall–Kier alpha value is -2.91. The van der Waals surface area contributed by atoms with Crippen molar-refractivity contribution >= 4 is 27.6 Å². The minimum atomic E-state index is -3.79. The van der Waals surface area contributed by atoms with Crippen LogP contribution in [0.15, 0.2) is 47.4 Å². The Labute approximate surface area is 170 Å². The predicted octanol–water partition coefficient (Wildman–Crippen LogP) is 2.30. The first kappa shape index (κ1) is 22.4. The fourth-order valence-electron chi connectivity index (χ4n) is 2.50. The lowest BCUT2D eigenvalue weighted by Crippen LogP contribution is -2.23. The Kier molecular flexibility index (Phi) is 7.35. The van der Waals surface area contributed by atoms with Crippen LogP contribution in [0, 0.1) is 0 Å². The van der Waals surface area contributed by atoms with Crippen LogP contribution >= 0.6 is 0 Å². The molecule has 0 spiro atoms. The highest BCUT2D eigenvalue weighted by Crippen LogP contribution is 2.27. The molecule has 0 unspecified atom stereocenters. The highest BCUT2D eigenvalue weighted by atomic mass is 32.2. The van der Waals surface area contributed by atoms with E-state index in [2.05, 4.69) is 5.32 Å². The molecule has 1 N–H and O–H groups in total. The van der Waals surface area contributed by atoms with Crippen LogP contribution in [0.1, 0.15) is 22.8 Å². The monoisotopic (exact) mass is 420 g/mol. The van der Waals surface area contributed by atoms with Gasteiger partial charge < -0.3 is 14.8 Å². The minimum absolute atomic E-state index is 0.0950. The lowest BCUT2D eigenvalue weighted by Gasteiger charge is -2.15. The lowest BCUT2D eigenvalue weighted by molar-refractivity contribution is -0.142. The summed E-state index contributed by atoms with van der Waals surface area (Å²) in [6.07, 6.45) is 0.145. The van der Waals surface area contributed by atoms with E-state index in [0.717, 1.165) is 9.87 Å². The molecule has 2 rings (SSSR count). The number of nitrogens with zero attached hydrogens (tertiary/aromatic N) is 1. The fourth-order valence-corrected chi connectivity index (χ4v) is 3.58. The summed E-state index contributed by atoms with van der Waals surface area (Å²) >= 11 is 0. The van der Waals surface area contributed by atoms with Gasteiger partial charge in [0, 0.05) is 25.3 Å². The maximum atomic E-state index is 12.6. The van der Waals surface area contributed by atoms with Crippen LogP contribution in [0.2, 0.25) is 0 Å². The molecule has 0 aliphatic heterocycles. The number of nitrogens with one attached hydrogen (secondary N) is 1. The number of hydrogen-bond acceptors (Lipinski definition) is 6. The molecule has 1 amide bonds. The molecule has 0 radical (unpaired) electrons. The Morgan fingerprint density at radius 3 is 2.28 bits per heavy atom. The van der Waals surface area contributed by atoms with Gasteiger partial charge in [0.2, 0.25) is 10.0 Å². The van der Waals surface area contributed by atoms with Crippen molar-refractivity contribution in [2.75, 3.05) is 33.1 Å². The van der Waals surface area contributed by atoms with E-state index in [1.807, 2.05) is 0 Å². The minimum Gasteiger partial charge on any atom is -0.495 e. The summed E-state index contributed by atoms with van der Waals surface area (Å²) in [4.78, 5) is 24.0. The standard InChI is InChI=1S/C20H24N2O6S/c1-5-28-19(23)12-14-6-9-16(10-7-14)21-20(24)15-8-11-17(27-4)18(13-15)29(25,26)22(2)3/h6-11,13H,5,12H2,1-4H3,(H,21,24). The molecular weight excluding hydrogens is 396 g/mol. The number of anilines is 1. The molecule has 0 fully saturated rings. The molecule has 8 nitrogen and oxygen atoms in total.